The summed E-state index contributed by atoms with van der Waals surface area (Å²) in [6.07, 6.45) is 1.06. The minimum atomic E-state index is 0.693. The fourth-order valence-corrected chi connectivity index (χ4v) is 2.48. The van der Waals surface area contributed by atoms with Gasteiger partial charge < -0.3 is 5.73 Å². The molecule has 0 fully saturated rings. The first-order chi connectivity index (χ1) is 8.88. The van der Waals surface area contributed by atoms with Crippen LogP contribution in [0, 0.1) is 0 Å². The summed E-state index contributed by atoms with van der Waals surface area (Å²) in [5, 5.41) is 2.10. The molecular formula is C14H19N3S. The number of hydrogen-bond acceptors (Lipinski definition) is 4. The lowest BCUT2D eigenvalue weighted by atomic mass is 10.1. The summed E-state index contributed by atoms with van der Waals surface area (Å²) in [6, 6.07) is 10.6. The van der Waals surface area contributed by atoms with Gasteiger partial charge in [-0.3, -0.25) is 4.90 Å². The molecule has 0 aliphatic heterocycles. The van der Waals surface area contributed by atoms with Crippen LogP contribution in [0.2, 0.25) is 0 Å². The van der Waals surface area contributed by atoms with E-state index in [-0.39, 0.29) is 0 Å². The fourth-order valence-electron chi connectivity index (χ4n) is 1.93. The second-order valence-electron chi connectivity index (χ2n) is 4.28. The van der Waals surface area contributed by atoms with E-state index in [0.717, 1.165) is 31.7 Å². The molecule has 3 nitrogen and oxygen atoms in total. The minimum Gasteiger partial charge on any atom is -0.329 e. The third kappa shape index (κ3) is 4.22. The van der Waals surface area contributed by atoms with Crippen molar-refractivity contribution in [1.82, 2.24) is 9.88 Å². The number of rotatable bonds is 7. The molecular weight excluding hydrogens is 242 g/mol. The van der Waals surface area contributed by atoms with Crippen molar-refractivity contribution in [2.45, 2.75) is 13.0 Å². The van der Waals surface area contributed by atoms with Crippen molar-refractivity contribution in [2.24, 2.45) is 5.73 Å². The van der Waals surface area contributed by atoms with Crippen LogP contribution in [-0.4, -0.2) is 29.5 Å². The molecule has 0 atom stereocenters. The van der Waals surface area contributed by atoms with Gasteiger partial charge in [-0.05, 0) is 12.0 Å². The van der Waals surface area contributed by atoms with E-state index in [0.29, 0.717) is 6.54 Å². The van der Waals surface area contributed by atoms with Crippen molar-refractivity contribution in [3.05, 3.63) is 52.5 Å². The zero-order valence-corrected chi connectivity index (χ0v) is 11.3. The number of nitrogens with two attached hydrogens (primary N) is 1. The van der Waals surface area contributed by atoms with Crippen molar-refractivity contribution in [3.63, 3.8) is 0 Å². The normalized spacial score (nSPS) is 11.0. The maximum absolute atomic E-state index is 5.67. The number of thiazole rings is 1. The van der Waals surface area contributed by atoms with E-state index in [9.17, 15) is 0 Å². The molecule has 2 aromatic rings. The second kappa shape index (κ2) is 7.26. The van der Waals surface area contributed by atoms with Gasteiger partial charge in [0.05, 0.1) is 11.2 Å². The van der Waals surface area contributed by atoms with Gasteiger partial charge in [0.15, 0.2) is 0 Å². The summed E-state index contributed by atoms with van der Waals surface area (Å²) in [7, 11) is 0. The molecule has 0 spiro atoms. The van der Waals surface area contributed by atoms with Gasteiger partial charge in [0.2, 0.25) is 0 Å². The predicted molar refractivity (Wildman–Crippen MR) is 76.6 cm³/mol. The molecule has 96 valence electrons. The van der Waals surface area contributed by atoms with Gasteiger partial charge in [-0.1, -0.05) is 30.3 Å². The van der Waals surface area contributed by atoms with E-state index >= 15 is 0 Å². The van der Waals surface area contributed by atoms with Crippen LogP contribution in [0.15, 0.2) is 41.2 Å². The lowest BCUT2D eigenvalue weighted by Gasteiger charge is -2.20. The Balaban J connectivity index is 1.86. The van der Waals surface area contributed by atoms with Gasteiger partial charge in [0.1, 0.15) is 0 Å². The number of hydrogen-bond donors (Lipinski definition) is 1. The van der Waals surface area contributed by atoms with Crippen molar-refractivity contribution in [1.29, 1.82) is 0 Å². The molecule has 1 aromatic heterocycles. The highest BCUT2D eigenvalue weighted by Gasteiger charge is 2.06. The van der Waals surface area contributed by atoms with Gasteiger partial charge in [-0.25, -0.2) is 4.98 Å². The maximum Gasteiger partial charge on any atom is 0.0795 e. The summed E-state index contributed by atoms with van der Waals surface area (Å²) in [6.45, 7) is 3.54. The Kier molecular flexibility index (Phi) is 5.33. The Morgan fingerprint density at radius 2 is 2.00 bits per heavy atom. The minimum absolute atomic E-state index is 0.693. The van der Waals surface area contributed by atoms with E-state index in [1.807, 2.05) is 5.51 Å². The van der Waals surface area contributed by atoms with Gasteiger partial charge in [0, 0.05) is 31.6 Å². The van der Waals surface area contributed by atoms with Crippen LogP contribution in [0.5, 0.6) is 0 Å². The molecule has 0 aliphatic carbocycles. The van der Waals surface area contributed by atoms with E-state index in [1.165, 1.54) is 5.56 Å². The molecule has 0 aliphatic rings. The van der Waals surface area contributed by atoms with Crippen molar-refractivity contribution < 1.29 is 0 Å². The molecule has 0 amide bonds. The highest BCUT2D eigenvalue weighted by Crippen LogP contribution is 2.07. The highest BCUT2D eigenvalue weighted by atomic mass is 32.1. The first-order valence-electron chi connectivity index (χ1n) is 6.22. The first-order valence-corrected chi connectivity index (χ1v) is 7.16. The van der Waals surface area contributed by atoms with E-state index in [4.69, 9.17) is 5.73 Å². The average molecular weight is 261 g/mol. The zero-order chi connectivity index (χ0) is 12.6. The topological polar surface area (TPSA) is 42.1 Å². The third-order valence-electron chi connectivity index (χ3n) is 2.87. The molecule has 1 aromatic carbocycles. The Labute approximate surface area is 112 Å². The van der Waals surface area contributed by atoms with Crippen LogP contribution in [-0.2, 0) is 13.0 Å². The molecule has 0 radical (unpaired) electrons. The summed E-state index contributed by atoms with van der Waals surface area (Å²) in [4.78, 5) is 6.69. The maximum atomic E-state index is 5.67. The Morgan fingerprint density at radius 3 is 2.67 bits per heavy atom. The van der Waals surface area contributed by atoms with Crippen molar-refractivity contribution >= 4 is 11.3 Å². The van der Waals surface area contributed by atoms with Crippen LogP contribution in [0.25, 0.3) is 0 Å². The standard InChI is InChI=1S/C14H19N3S/c15-7-9-17(10-14-11-18-12-16-14)8-6-13-4-2-1-3-5-13/h1-5,11-12H,6-10,15H2. The lowest BCUT2D eigenvalue weighted by Crippen LogP contribution is -2.31. The van der Waals surface area contributed by atoms with Gasteiger partial charge in [-0.2, -0.15) is 0 Å². The van der Waals surface area contributed by atoms with Crippen LogP contribution >= 0.6 is 11.3 Å². The highest BCUT2D eigenvalue weighted by molar-refractivity contribution is 7.07. The second-order valence-corrected chi connectivity index (χ2v) is 5.00. The van der Waals surface area contributed by atoms with Gasteiger partial charge in [0.25, 0.3) is 0 Å². The van der Waals surface area contributed by atoms with Gasteiger partial charge >= 0.3 is 0 Å². The molecule has 1 heterocycles. The van der Waals surface area contributed by atoms with Gasteiger partial charge in [-0.15, -0.1) is 11.3 Å². The van der Waals surface area contributed by atoms with Crippen LogP contribution < -0.4 is 5.73 Å². The predicted octanol–water partition coefficient (Wildman–Crippen LogP) is 2.15. The molecule has 0 bridgehead atoms. The number of benzene rings is 1. The largest absolute Gasteiger partial charge is 0.329 e. The molecule has 0 saturated heterocycles. The zero-order valence-electron chi connectivity index (χ0n) is 10.5. The van der Waals surface area contributed by atoms with E-state index < -0.39 is 0 Å². The average Bonchev–Trinajstić information content (AvgIpc) is 2.90. The molecule has 0 unspecified atom stereocenters. The molecule has 2 N–H and O–H groups in total. The molecule has 2 rings (SSSR count). The third-order valence-corrected chi connectivity index (χ3v) is 3.51. The van der Waals surface area contributed by atoms with E-state index in [1.54, 1.807) is 11.3 Å². The Morgan fingerprint density at radius 1 is 1.17 bits per heavy atom. The van der Waals surface area contributed by atoms with Crippen LogP contribution in [0.1, 0.15) is 11.3 Å². The Hall–Kier alpha value is -1.23. The van der Waals surface area contributed by atoms with Crippen LogP contribution in [0.4, 0.5) is 0 Å². The van der Waals surface area contributed by atoms with Crippen LogP contribution in [0.3, 0.4) is 0 Å². The lowest BCUT2D eigenvalue weighted by molar-refractivity contribution is 0.274. The molecule has 18 heavy (non-hydrogen) atoms. The monoisotopic (exact) mass is 261 g/mol. The fraction of sp³-hybridized carbons (Fsp3) is 0.357. The summed E-state index contributed by atoms with van der Waals surface area (Å²) < 4.78 is 0. The smallest absolute Gasteiger partial charge is 0.0795 e. The Bertz CT molecular complexity index is 428. The number of nitrogens with zero attached hydrogens (tertiary/aromatic N) is 2. The summed E-state index contributed by atoms with van der Waals surface area (Å²) in [5.41, 5.74) is 10.1. The van der Waals surface area contributed by atoms with E-state index in [2.05, 4.69) is 45.6 Å². The quantitative estimate of drug-likeness (QED) is 0.830. The number of aromatic nitrogens is 1. The summed E-state index contributed by atoms with van der Waals surface area (Å²) in [5.74, 6) is 0. The first kappa shape index (κ1) is 13.2. The molecule has 0 saturated carbocycles. The molecule has 4 heteroatoms. The SMILES string of the molecule is NCCN(CCc1ccccc1)Cc1cscn1. The summed E-state index contributed by atoms with van der Waals surface area (Å²) >= 11 is 1.65. The van der Waals surface area contributed by atoms with Crippen molar-refractivity contribution in [3.8, 4) is 0 Å². The van der Waals surface area contributed by atoms with Crippen molar-refractivity contribution in [2.75, 3.05) is 19.6 Å².